The maximum absolute atomic E-state index is 12.5. The lowest BCUT2D eigenvalue weighted by atomic mass is 9.49. The summed E-state index contributed by atoms with van der Waals surface area (Å²) in [5.74, 6) is -0.0361. The lowest BCUT2D eigenvalue weighted by Gasteiger charge is -2.55. The monoisotopic (exact) mass is 362 g/mol. The van der Waals surface area contributed by atoms with Crippen molar-refractivity contribution in [2.24, 2.45) is 34.5 Å². The van der Waals surface area contributed by atoms with Gasteiger partial charge in [0.2, 0.25) is 0 Å². The number of hydrogen-bond acceptors (Lipinski definition) is 5. The summed E-state index contributed by atoms with van der Waals surface area (Å²) in [6, 6.07) is 0. The average molecular weight is 362 g/mol. The van der Waals surface area contributed by atoms with E-state index in [1.165, 1.54) is 6.29 Å². The van der Waals surface area contributed by atoms with Crippen LogP contribution in [0.3, 0.4) is 0 Å². The van der Waals surface area contributed by atoms with Gasteiger partial charge in [-0.2, -0.15) is 0 Å². The lowest BCUT2D eigenvalue weighted by molar-refractivity contribution is -0.241. The number of esters is 1. The number of fused-ring (bicyclic) bond motifs is 4. The summed E-state index contributed by atoms with van der Waals surface area (Å²) < 4.78 is 17.8. The van der Waals surface area contributed by atoms with Gasteiger partial charge in [0.05, 0.1) is 19.1 Å². The van der Waals surface area contributed by atoms with Gasteiger partial charge < -0.3 is 19.0 Å². The smallest absolute Gasteiger partial charge is 0.309 e. The van der Waals surface area contributed by atoms with Crippen LogP contribution in [0.4, 0.5) is 0 Å². The fourth-order valence-electron chi connectivity index (χ4n) is 7.50. The molecule has 2 bridgehead atoms. The molecule has 1 unspecified atom stereocenters. The molecule has 3 saturated carbocycles. The molecule has 2 saturated heterocycles. The standard InChI is InChI=1S/C21H30O5/c1-19(6-3-13-11-17(19)18(23)26-13)15-4-7-20(2)16(14(15)12-22)5-8-21(20)24-9-10-25-21/h12-17H,3-11H2,1-2H3/t13?,14-,15+,16+,17-,19-,20+/m1/s1. The third-order valence-corrected chi connectivity index (χ3v) is 9.00. The minimum absolute atomic E-state index is 0.0177. The highest BCUT2D eigenvalue weighted by Gasteiger charge is 2.67. The second kappa shape index (κ2) is 5.54. The number of rotatable bonds is 2. The van der Waals surface area contributed by atoms with Crippen molar-refractivity contribution in [2.75, 3.05) is 13.2 Å². The lowest BCUT2D eigenvalue weighted by Crippen LogP contribution is -2.55. The van der Waals surface area contributed by atoms with Crippen molar-refractivity contribution in [1.82, 2.24) is 0 Å². The Morgan fingerprint density at radius 1 is 1.00 bits per heavy atom. The van der Waals surface area contributed by atoms with E-state index in [-0.39, 0.29) is 46.6 Å². The molecular formula is C21H30O5. The molecule has 0 radical (unpaired) electrons. The largest absolute Gasteiger partial charge is 0.462 e. The first-order valence-electron chi connectivity index (χ1n) is 10.4. The van der Waals surface area contributed by atoms with Crippen LogP contribution in [0, 0.1) is 34.5 Å². The van der Waals surface area contributed by atoms with Crippen molar-refractivity contribution in [1.29, 1.82) is 0 Å². The van der Waals surface area contributed by atoms with Gasteiger partial charge in [0, 0.05) is 17.8 Å². The molecule has 7 atom stereocenters. The van der Waals surface area contributed by atoms with E-state index in [2.05, 4.69) is 13.8 Å². The average Bonchev–Trinajstić information content (AvgIpc) is 3.31. The molecule has 0 aromatic heterocycles. The predicted octanol–water partition coefficient (Wildman–Crippen LogP) is 3.10. The second-order valence-electron chi connectivity index (χ2n) is 9.76. The minimum atomic E-state index is -0.491. The molecule has 0 aromatic carbocycles. The van der Waals surface area contributed by atoms with Gasteiger partial charge >= 0.3 is 5.97 Å². The molecule has 1 spiro atoms. The van der Waals surface area contributed by atoms with Crippen LogP contribution in [-0.4, -0.2) is 37.4 Å². The van der Waals surface area contributed by atoms with E-state index in [0.29, 0.717) is 13.2 Å². The van der Waals surface area contributed by atoms with Gasteiger partial charge in [-0.25, -0.2) is 0 Å². The highest BCUT2D eigenvalue weighted by atomic mass is 16.7. The van der Waals surface area contributed by atoms with Crippen molar-refractivity contribution in [3.8, 4) is 0 Å². The Morgan fingerprint density at radius 2 is 1.73 bits per heavy atom. The van der Waals surface area contributed by atoms with Crippen LogP contribution >= 0.6 is 0 Å². The highest BCUT2D eigenvalue weighted by molar-refractivity contribution is 5.76. The van der Waals surface area contributed by atoms with E-state index in [1.54, 1.807) is 0 Å². The topological polar surface area (TPSA) is 61.8 Å². The van der Waals surface area contributed by atoms with Gasteiger partial charge in [-0.05, 0) is 55.8 Å². The minimum Gasteiger partial charge on any atom is -0.462 e. The van der Waals surface area contributed by atoms with Crippen molar-refractivity contribution < 1.29 is 23.8 Å². The Morgan fingerprint density at radius 3 is 2.46 bits per heavy atom. The third kappa shape index (κ3) is 1.99. The SMILES string of the molecule is C[C@]1([C@H]2CC[C@@]3(C)[C@@H](CCC34OCCO4)[C@@H]2C=O)CCC2C[C@@H]1C(=O)O2. The van der Waals surface area contributed by atoms with Crippen LogP contribution in [0.25, 0.3) is 0 Å². The third-order valence-electron chi connectivity index (χ3n) is 9.00. The second-order valence-corrected chi connectivity index (χ2v) is 9.76. The van der Waals surface area contributed by atoms with E-state index < -0.39 is 5.79 Å². The van der Waals surface area contributed by atoms with Crippen molar-refractivity contribution in [3.05, 3.63) is 0 Å². The summed E-state index contributed by atoms with van der Waals surface area (Å²) in [5, 5.41) is 0. The molecule has 5 nitrogen and oxygen atoms in total. The van der Waals surface area contributed by atoms with Gasteiger partial charge in [-0.3, -0.25) is 4.79 Å². The molecule has 5 heteroatoms. The quantitative estimate of drug-likeness (QED) is 0.558. The highest BCUT2D eigenvalue weighted by Crippen LogP contribution is 2.66. The van der Waals surface area contributed by atoms with Gasteiger partial charge in [-0.1, -0.05) is 13.8 Å². The Balaban J connectivity index is 1.48. The van der Waals surface area contributed by atoms with Crippen LogP contribution in [0.5, 0.6) is 0 Å². The molecule has 0 aromatic rings. The predicted molar refractivity (Wildman–Crippen MR) is 93.1 cm³/mol. The van der Waals surface area contributed by atoms with Crippen molar-refractivity contribution >= 4 is 12.3 Å². The van der Waals surface area contributed by atoms with Gasteiger partial charge in [0.25, 0.3) is 0 Å². The summed E-state index contributed by atoms with van der Waals surface area (Å²) in [6.45, 7) is 5.83. The first kappa shape index (κ1) is 17.2. The molecule has 3 aliphatic carbocycles. The molecule has 0 amide bonds. The molecule has 0 N–H and O–H groups in total. The maximum atomic E-state index is 12.5. The maximum Gasteiger partial charge on any atom is 0.309 e. The van der Waals surface area contributed by atoms with Crippen LogP contribution in [-0.2, 0) is 23.8 Å². The molecule has 144 valence electrons. The van der Waals surface area contributed by atoms with E-state index in [1.807, 2.05) is 0 Å². The molecular weight excluding hydrogens is 332 g/mol. The van der Waals surface area contributed by atoms with Gasteiger partial charge in [-0.15, -0.1) is 0 Å². The zero-order valence-electron chi connectivity index (χ0n) is 15.9. The number of ether oxygens (including phenoxy) is 3. The summed E-state index contributed by atoms with van der Waals surface area (Å²) >= 11 is 0. The van der Waals surface area contributed by atoms with Crippen LogP contribution in [0.2, 0.25) is 0 Å². The Hall–Kier alpha value is -0.940. The van der Waals surface area contributed by atoms with E-state index >= 15 is 0 Å². The molecule has 26 heavy (non-hydrogen) atoms. The molecule has 5 aliphatic rings. The van der Waals surface area contributed by atoms with Crippen LogP contribution in [0.1, 0.15) is 58.8 Å². The Kier molecular flexibility index (Phi) is 3.66. The van der Waals surface area contributed by atoms with Gasteiger partial charge in [0.1, 0.15) is 12.4 Å². The number of carbonyl (C=O) groups excluding carboxylic acids is 2. The van der Waals surface area contributed by atoms with E-state index in [0.717, 1.165) is 44.9 Å². The van der Waals surface area contributed by atoms with E-state index in [4.69, 9.17) is 14.2 Å². The normalized spacial score (nSPS) is 52.1. The summed E-state index contributed by atoms with van der Waals surface area (Å²) in [6.07, 6.45) is 7.92. The first-order chi connectivity index (χ1) is 12.4. The molecule has 2 aliphatic heterocycles. The van der Waals surface area contributed by atoms with Gasteiger partial charge in [0.15, 0.2) is 5.79 Å². The van der Waals surface area contributed by atoms with Crippen molar-refractivity contribution in [2.45, 2.75) is 70.7 Å². The fraction of sp³-hybridized carbons (Fsp3) is 0.905. The fourth-order valence-corrected chi connectivity index (χ4v) is 7.50. The van der Waals surface area contributed by atoms with E-state index in [9.17, 15) is 9.59 Å². The molecule has 5 fully saturated rings. The van der Waals surface area contributed by atoms with Crippen LogP contribution < -0.4 is 0 Å². The van der Waals surface area contributed by atoms with Crippen LogP contribution in [0.15, 0.2) is 0 Å². The first-order valence-corrected chi connectivity index (χ1v) is 10.4. The number of aldehydes is 1. The summed E-state index contributed by atoms with van der Waals surface area (Å²) in [5.41, 5.74) is -0.223. The zero-order valence-corrected chi connectivity index (χ0v) is 15.9. The molecule has 2 heterocycles. The van der Waals surface area contributed by atoms with Crippen molar-refractivity contribution in [3.63, 3.8) is 0 Å². The zero-order chi connectivity index (χ0) is 18.2. The molecule has 5 rings (SSSR count). The number of hydrogen-bond donors (Lipinski definition) is 0. The Labute approximate surface area is 155 Å². The summed E-state index contributed by atoms with van der Waals surface area (Å²) in [7, 11) is 0. The summed E-state index contributed by atoms with van der Waals surface area (Å²) in [4.78, 5) is 24.8. The Bertz CT molecular complexity index is 626. The number of carbonyl (C=O) groups is 2.